The maximum absolute atomic E-state index is 10.8. The number of nitrogens with zero attached hydrogens (tertiary/aromatic N) is 1. The smallest absolute Gasteiger partial charge is 0.225 e. The molecule has 0 spiro atoms. The third-order valence-corrected chi connectivity index (χ3v) is 1.57. The summed E-state index contributed by atoms with van der Waals surface area (Å²) in [6.45, 7) is 2.77. The topological polar surface area (TPSA) is 20.3 Å². The maximum Gasteiger partial charge on any atom is 0.225 e. The van der Waals surface area contributed by atoms with E-state index in [0.29, 0.717) is 0 Å². The van der Waals surface area contributed by atoms with Crippen LogP contribution in [-0.2, 0) is 4.79 Å². The molecule has 1 rings (SSSR count). The molecule has 1 unspecified atom stereocenters. The molecule has 1 radical (unpaired) electrons. The second-order valence-corrected chi connectivity index (χ2v) is 2.29. The molecule has 0 aromatic carbocycles. The predicted molar refractivity (Wildman–Crippen MR) is 30.9 cm³/mol. The Morgan fingerprint density at radius 2 is 2.50 bits per heavy atom. The van der Waals surface area contributed by atoms with Gasteiger partial charge in [-0.2, -0.15) is 0 Å². The first-order chi connectivity index (χ1) is 3.72. The summed E-state index contributed by atoms with van der Waals surface area (Å²) < 4.78 is 0. The fourth-order valence-electron chi connectivity index (χ4n) is 0.895. The predicted octanol–water partition coefficient (Wildman–Crippen LogP) is 0.646. The fraction of sp³-hybridized carbons (Fsp3) is 0.667. The highest BCUT2D eigenvalue weighted by Crippen LogP contribution is 2.14. The SMILES string of the molecule is [CH2]N1CCC(C)C1=O. The summed E-state index contributed by atoms with van der Waals surface area (Å²) in [5, 5.41) is 0. The number of hydrogen-bond acceptors (Lipinski definition) is 1. The third-order valence-electron chi connectivity index (χ3n) is 1.57. The monoisotopic (exact) mass is 112 g/mol. The molecule has 45 valence electrons. The van der Waals surface area contributed by atoms with Gasteiger partial charge in [0.15, 0.2) is 0 Å². The van der Waals surface area contributed by atoms with Crippen molar-refractivity contribution in [3.05, 3.63) is 7.05 Å². The summed E-state index contributed by atoms with van der Waals surface area (Å²) in [6, 6.07) is 0. The van der Waals surface area contributed by atoms with Gasteiger partial charge >= 0.3 is 0 Å². The fourth-order valence-corrected chi connectivity index (χ4v) is 0.895. The van der Waals surface area contributed by atoms with Crippen LogP contribution in [0.25, 0.3) is 0 Å². The molecule has 1 aliphatic rings. The second kappa shape index (κ2) is 1.77. The Kier molecular flexibility index (Phi) is 1.24. The van der Waals surface area contributed by atoms with Gasteiger partial charge in [-0.05, 0) is 6.42 Å². The first-order valence-electron chi connectivity index (χ1n) is 2.83. The normalized spacial score (nSPS) is 29.5. The van der Waals surface area contributed by atoms with E-state index in [2.05, 4.69) is 7.05 Å². The Morgan fingerprint density at radius 1 is 1.88 bits per heavy atom. The molecule has 8 heavy (non-hydrogen) atoms. The van der Waals surface area contributed by atoms with E-state index in [-0.39, 0.29) is 11.8 Å². The molecular formula is C6H10NO. The van der Waals surface area contributed by atoms with Crippen LogP contribution < -0.4 is 0 Å². The Hall–Kier alpha value is -0.530. The van der Waals surface area contributed by atoms with Crippen molar-refractivity contribution >= 4 is 5.91 Å². The number of carbonyl (C=O) groups is 1. The lowest BCUT2D eigenvalue weighted by Gasteiger charge is -2.04. The molecular weight excluding hydrogens is 102 g/mol. The molecule has 1 atom stereocenters. The van der Waals surface area contributed by atoms with Crippen molar-refractivity contribution in [1.82, 2.24) is 4.90 Å². The van der Waals surface area contributed by atoms with Gasteiger partial charge in [0.2, 0.25) is 5.91 Å². The molecule has 1 aliphatic heterocycles. The average Bonchev–Trinajstić information content (AvgIpc) is 1.98. The number of rotatable bonds is 0. The summed E-state index contributed by atoms with van der Waals surface area (Å²) in [4.78, 5) is 12.3. The molecule has 1 saturated heterocycles. The number of likely N-dealkylation sites (tertiary alicyclic amines) is 1. The van der Waals surface area contributed by atoms with Crippen LogP contribution in [0.5, 0.6) is 0 Å². The van der Waals surface area contributed by atoms with E-state index in [9.17, 15) is 4.79 Å². The van der Waals surface area contributed by atoms with E-state index in [4.69, 9.17) is 0 Å². The number of carbonyl (C=O) groups excluding carboxylic acids is 1. The molecule has 0 aromatic rings. The second-order valence-electron chi connectivity index (χ2n) is 2.29. The lowest BCUT2D eigenvalue weighted by Crippen LogP contribution is -2.18. The Bertz CT molecular complexity index is 99.1. The van der Waals surface area contributed by atoms with Crippen LogP contribution in [0.2, 0.25) is 0 Å². The Balaban J connectivity index is 2.57. The van der Waals surface area contributed by atoms with Crippen LogP contribution in [0, 0.1) is 13.0 Å². The average molecular weight is 112 g/mol. The quantitative estimate of drug-likeness (QED) is 0.450. The van der Waals surface area contributed by atoms with Crippen LogP contribution in [0.4, 0.5) is 0 Å². The molecule has 1 heterocycles. The first kappa shape index (κ1) is 5.60. The molecule has 0 saturated carbocycles. The minimum atomic E-state index is 0.185. The molecule has 1 amide bonds. The Morgan fingerprint density at radius 3 is 2.62 bits per heavy atom. The van der Waals surface area contributed by atoms with Gasteiger partial charge < -0.3 is 4.90 Å². The van der Waals surface area contributed by atoms with E-state index in [1.165, 1.54) is 4.90 Å². The first-order valence-corrected chi connectivity index (χ1v) is 2.83. The lowest BCUT2D eigenvalue weighted by molar-refractivity contribution is -0.128. The molecule has 0 aromatic heterocycles. The van der Waals surface area contributed by atoms with Gasteiger partial charge in [-0.1, -0.05) is 6.92 Å². The number of hydrogen-bond donors (Lipinski definition) is 0. The van der Waals surface area contributed by atoms with Gasteiger partial charge in [0.25, 0.3) is 0 Å². The van der Waals surface area contributed by atoms with E-state index in [0.717, 1.165) is 13.0 Å². The van der Waals surface area contributed by atoms with Crippen molar-refractivity contribution in [3.63, 3.8) is 0 Å². The van der Waals surface area contributed by atoms with Crippen LogP contribution in [0.1, 0.15) is 13.3 Å². The van der Waals surface area contributed by atoms with Crippen molar-refractivity contribution in [2.24, 2.45) is 5.92 Å². The van der Waals surface area contributed by atoms with Crippen LogP contribution >= 0.6 is 0 Å². The maximum atomic E-state index is 10.8. The van der Waals surface area contributed by atoms with Gasteiger partial charge in [-0.15, -0.1) is 0 Å². The summed E-state index contributed by atoms with van der Waals surface area (Å²) in [5.74, 6) is 0.400. The highest BCUT2D eigenvalue weighted by atomic mass is 16.2. The van der Waals surface area contributed by atoms with Crippen molar-refractivity contribution in [3.8, 4) is 0 Å². The highest BCUT2D eigenvalue weighted by molar-refractivity contribution is 5.80. The summed E-state index contributed by atoms with van der Waals surface area (Å²) in [7, 11) is 3.55. The zero-order chi connectivity index (χ0) is 6.15. The summed E-state index contributed by atoms with van der Waals surface area (Å²) in [5.41, 5.74) is 0. The van der Waals surface area contributed by atoms with Crippen molar-refractivity contribution < 1.29 is 4.79 Å². The molecule has 1 fully saturated rings. The van der Waals surface area contributed by atoms with E-state index in [1.807, 2.05) is 6.92 Å². The van der Waals surface area contributed by atoms with E-state index < -0.39 is 0 Å². The van der Waals surface area contributed by atoms with E-state index >= 15 is 0 Å². The molecule has 0 aliphatic carbocycles. The van der Waals surface area contributed by atoms with Gasteiger partial charge in [-0.25, -0.2) is 0 Å². The highest BCUT2D eigenvalue weighted by Gasteiger charge is 2.24. The van der Waals surface area contributed by atoms with Crippen LogP contribution in [0.3, 0.4) is 0 Å². The zero-order valence-electron chi connectivity index (χ0n) is 5.05. The molecule has 0 N–H and O–H groups in total. The minimum absolute atomic E-state index is 0.185. The third kappa shape index (κ3) is 0.703. The molecule has 2 heteroatoms. The number of amides is 1. The van der Waals surface area contributed by atoms with Gasteiger partial charge in [0.1, 0.15) is 0 Å². The lowest BCUT2D eigenvalue weighted by atomic mass is 10.1. The van der Waals surface area contributed by atoms with Crippen molar-refractivity contribution in [2.45, 2.75) is 13.3 Å². The van der Waals surface area contributed by atoms with Crippen LogP contribution in [0.15, 0.2) is 0 Å². The van der Waals surface area contributed by atoms with Crippen LogP contribution in [-0.4, -0.2) is 17.4 Å². The zero-order valence-corrected chi connectivity index (χ0v) is 5.05. The van der Waals surface area contributed by atoms with Gasteiger partial charge in [0, 0.05) is 19.5 Å². The largest absolute Gasteiger partial charge is 0.341 e. The van der Waals surface area contributed by atoms with Gasteiger partial charge in [0.05, 0.1) is 0 Å². The van der Waals surface area contributed by atoms with Crippen molar-refractivity contribution in [1.29, 1.82) is 0 Å². The standard InChI is InChI=1S/C6H10NO/c1-5-3-4-7(2)6(5)8/h5H,2-4H2,1H3. The van der Waals surface area contributed by atoms with E-state index in [1.54, 1.807) is 0 Å². The molecule has 0 bridgehead atoms. The van der Waals surface area contributed by atoms with Gasteiger partial charge in [-0.3, -0.25) is 4.79 Å². The summed E-state index contributed by atoms with van der Waals surface area (Å²) >= 11 is 0. The Labute approximate surface area is 49.5 Å². The van der Waals surface area contributed by atoms with Crippen molar-refractivity contribution in [2.75, 3.05) is 6.54 Å². The minimum Gasteiger partial charge on any atom is -0.341 e. The summed E-state index contributed by atoms with van der Waals surface area (Å²) in [6.07, 6.45) is 0.975. The molecule has 2 nitrogen and oxygen atoms in total.